The summed E-state index contributed by atoms with van der Waals surface area (Å²) in [5.74, 6) is -1.97. The summed E-state index contributed by atoms with van der Waals surface area (Å²) in [4.78, 5) is 0. The normalized spacial score (nSPS) is 12.2. The maximum absolute atomic E-state index is 13.9. The molecule has 0 bridgehead atoms. The first kappa shape index (κ1) is 15.4. The molecule has 0 aliphatic carbocycles. The van der Waals surface area contributed by atoms with E-state index in [9.17, 15) is 13.2 Å². The number of hydrogen-bond acceptors (Lipinski definition) is 2. The molecule has 0 saturated heterocycles. The molecule has 112 valence electrons. The van der Waals surface area contributed by atoms with Gasteiger partial charge >= 0.3 is 0 Å². The summed E-state index contributed by atoms with van der Waals surface area (Å²) >= 11 is 0. The molecule has 0 aliphatic heterocycles. The van der Waals surface area contributed by atoms with Gasteiger partial charge in [-0.3, -0.25) is 0 Å². The number of hydrogen-bond donors (Lipinski definition) is 1. The van der Waals surface area contributed by atoms with Crippen LogP contribution in [0.4, 0.5) is 13.2 Å². The largest absolute Gasteiger partial charge is 0.454 e. The highest BCUT2D eigenvalue weighted by Crippen LogP contribution is 2.30. The van der Waals surface area contributed by atoms with E-state index in [0.717, 1.165) is 18.2 Å². The van der Waals surface area contributed by atoms with E-state index >= 15 is 0 Å². The standard InChI is InChI=1S/C16H16F3NO/c1-2-11(20)9-12-13(18)4-3-5-15(12)21-16-8-10(17)6-7-14(16)19/h3-8,11H,2,9,20H2,1H3. The van der Waals surface area contributed by atoms with Gasteiger partial charge in [-0.25, -0.2) is 13.2 Å². The Hall–Kier alpha value is -2.01. The predicted octanol–water partition coefficient (Wildman–Crippen LogP) is 4.18. The summed E-state index contributed by atoms with van der Waals surface area (Å²) in [5, 5.41) is 0. The van der Waals surface area contributed by atoms with Crippen LogP contribution in [0, 0.1) is 17.5 Å². The Kier molecular flexibility index (Phi) is 4.85. The Morgan fingerprint density at radius 3 is 2.52 bits per heavy atom. The monoisotopic (exact) mass is 295 g/mol. The van der Waals surface area contributed by atoms with E-state index in [4.69, 9.17) is 10.5 Å². The van der Waals surface area contributed by atoms with Gasteiger partial charge in [-0.2, -0.15) is 0 Å². The molecule has 0 heterocycles. The maximum Gasteiger partial charge on any atom is 0.165 e. The Morgan fingerprint density at radius 2 is 1.81 bits per heavy atom. The number of rotatable bonds is 5. The van der Waals surface area contributed by atoms with E-state index in [2.05, 4.69) is 0 Å². The third-order valence-electron chi connectivity index (χ3n) is 3.18. The first-order valence-corrected chi connectivity index (χ1v) is 6.67. The van der Waals surface area contributed by atoms with Crippen molar-refractivity contribution in [3.8, 4) is 11.5 Å². The second-order valence-electron chi connectivity index (χ2n) is 4.77. The van der Waals surface area contributed by atoms with Crippen molar-refractivity contribution in [2.45, 2.75) is 25.8 Å². The van der Waals surface area contributed by atoms with E-state index < -0.39 is 17.5 Å². The Bertz CT molecular complexity index is 631. The fraction of sp³-hybridized carbons (Fsp3) is 0.250. The summed E-state index contributed by atoms with van der Waals surface area (Å²) < 4.78 is 46.0. The summed E-state index contributed by atoms with van der Waals surface area (Å²) in [5.41, 5.74) is 6.09. The molecule has 1 unspecified atom stereocenters. The average molecular weight is 295 g/mol. The Balaban J connectivity index is 2.35. The smallest absolute Gasteiger partial charge is 0.165 e. The summed E-state index contributed by atoms with van der Waals surface area (Å²) in [7, 11) is 0. The second-order valence-corrected chi connectivity index (χ2v) is 4.77. The lowest BCUT2D eigenvalue weighted by molar-refractivity contribution is 0.424. The molecule has 2 aromatic carbocycles. The summed E-state index contributed by atoms with van der Waals surface area (Å²) in [6.07, 6.45) is 0.928. The second kappa shape index (κ2) is 6.63. The molecule has 2 nitrogen and oxygen atoms in total. The number of ether oxygens (including phenoxy) is 1. The van der Waals surface area contributed by atoms with Crippen LogP contribution in [0.1, 0.15) is 18.9 Å². The number of nitrogens with two attached hydrogens (primary N) is 1. The third kappa shape index (κ3) is 3.76. The van der Waals surface area contributed by atoms with Crippen molar-refractivity contribution in [3.05, 3.63) is 59.4 Å². The quantitative estimate of drug-likeness (QED) is 0.898. The number of halogens is 3. The molecule has 0 amide bonds. The lowest BCUT2D eigenvalue weighted by atomic mass is 10.0. The maximum atomic E-state index is 13.9. The van der Waals surface area contributed by atoms with Crippen molar-refractivity contribution in [2.24, 2.45) is 5.73 Å². The predicted molar refractivity (Wildman–Crippen MR) is 74.8 cm³/mol. The molecule has 0 spiro atoms. The van der Waals surface area contributed by atoms with Gasteiger partial charge in [0.25, 0.3) is 0 Å². The fourth-order valence-electron chi connectivity index (χ4n) is 1.91. The van der Waals surface area contributed by atoms with Crippen LogP contribution in [0.15, 0.2) is 36.4 Å². The van der Waals surface area contributed by atoms with Gasteiger partial charge in [0.05, 0.1) is 0 Å². The molecule has 2 aromatic rings. The molecule has 0 fully saturated rings. The van der Waals surface area contributed by atoms with Gasteiger partial charge in [-0.15, -0.1) is 0 Å². The van der Waals surface area contributed by atoms with Crippen LogP contribution in [0.25, 0.3) is 0 Å². The minimum atomic E-state index is -0.716. The minimum absolute atomic E-state index is 0.142. The molecule has 0 aromatic heterocycles. The van der Waals surface area contributed by atoms with Gasteiger partial charge in [0.15, 0.2) is 11.6 Å². The van der Waals surface area contributed by atoms with E-state index in [1.807, 2.05) is 6.92 Å². The van der Waals surface area contributed by atoms with Crippen molar-refractivity contribution < 1.29 is 17.9 Å². The van der Waals surface area contributed by atoms with Crippen LogP contribution in [0.2, 0.25) is 0 Å². The number of benzene rings is 2. The van der Waals surface area contributed by atoms with Gasteiger partial charge < -0.3 is 10.5 Å². The first-order chi connectivity index (χ1) is 10.0. The molecular weight excluding hydrogens is 279 g/mol. The molecule has 0 aliphatic rings. The van der Waals surface area contributed by atoms with Gasteiger partial charge in [-0.1, -0.05) is 13.0 Å². The van der Waals surface area contributed by atoms with Crippen molar-refractivity contribution in [2.75, 3.05) is 0 Å². The van der Waals surface area contributed by atoms with Crippen LogP contribution in [-0.2, 0) is 6.42 Å². The van der Waals surface area contributed by atoms with Crippen molar-refractivity contribution in [1.82, 2.24) is 0 Å². The first-order valence-electron chi connectivity index (χ1n) is 6.67. The Morgan fingerprint density at radius 1 is 1.05 bits per heavy atom. The highest BCUT2D eigenvalue weighted by molar-refractivity contribution is 5.39. The van der Waals surface area contributed by atoms with Crippen molar-refractivity contribution in [1.29, 1.82) is 0 Å². The highest BCUT2D eigenvalue weighted by atomic mass is 19.1. The highest BCUT2D eigenvalue weighted by Gasteiger charge is 2.15. The lowest BCUT2D eigenvalue weighted by Crippen LogP contribution is -2.22. The van der Waals surface area contributed by atoms with Crippen molar-refractivity contribution >= 4 is 0 Å². The molecule has 0 radical (unpaired) electrons. The zero-order chi connectivity index (χ0) is 15.4. The SMILES string of the molecule is CCC(N)Cc1c(F)cccc1Oc1cc(F)ccc1F. The average Bonchev–Trinajstić information content (AvgIpc) is 2.46. The van der Waals surface area contributed by atoms with Crippen LogP contribution in [-0.4, -0.2) is 6.04 Å². The third-order valence-corrected chi connectivity index (χ3v) is 3.18. The molecule has 21 heavy (non-hydrogen) atoms. The van der Waals surface area contributed by atoms with Crippen molar-refractivity contribution in [3.63, 3.8) is 0 Å². The lowest BCUT2D eigenvalue weighted by Gasteiger charge is -2.15. The van der Waals surface area contributed by atoms with Gasteiger partial charge in [-0.05, 0) is 37.1 Å². The van der Waals surface area contributed by atoms with Crippen LogP contribution in [0.3, 0.4) is 0 Å². The fourth-order valence-corrected chi connectivity index (χ4v) is 1.91. The zero-order valence-electron chi connectivity index (χ0n) is 11.6. The summed E-state index contributed by atoms with van der Waals surface area (Å²) in [6, 6.07) is 6.87. The van der Waals surface area contributed by atoms with Gasteiger partial charge in [0.1, 0.15) is 17.4 Å². The molecule has 2 rings (SSSR count). The molecular formula is C16H16F3NO. The van der Waals surface area contributed by atoms with Crippen LogP contribution < -0.4 is 10.5 Å². The van der Waals surface area contributed by atoms with Crippen LogP contribution >= 0.6 is 0 Å². The van der Waals surface area contributed by atoms with Gasteiger partial charge in [0.2, 0.25) is 0 Å². The van der Waals surface area contributed by atoms with Gasteiger partial charge in [0, 0.05) is 17.7 Å². The molecule has 1 atom stereocenters. The van der Waals surface area contributed by atoms with E-state index in [0.29, 0.717) is 6.42 Å². The molecule has 5 heteroatoms. The molecule has 0 saturated carbocycles. The summed E-state index contributed by atoms with van der Waals surface area (Å²) in [6.45, 7) is 1.89. The van der Waals surface area contributed by atoms with Crippen LogP contribution in [0.5, 0.6) is 11.5 Å². The van der Waals surface area contributed by atoms with E-state index in [1.165, 1.54) is 18.2 Å². The van der Waals surface area contributed by atoms with E-state index in [-0.39, 0.29) is 29.5 Å². The zero-order valence-corrected chi connectivity index (χ0v) is 11.6. The Labute approximate surface area is 121 Å². The van der Waals surface area contributed by atoms with E-state index in [1.54, 1.807) is 0 Å². The topological polar surface area (TPSA) is 35.2 Å². The molecule has 2 N–H and O–H groups in total. The minimum Gasteiger partial charge on any atom is -0.454 e.